The van der Waals surface area contributed by atoms with E-state index in [0.29, 0.717) is 10.9 Å². The van der Waals surface area contributed by atoms with Crippen molar-refractivity contribution in [1.29, 1.82) is 0 Å². The Kier molecular flexibility index (Phi) is 3.88. The van der Waals surface area contributed by atoms with Gasteiger partial charge < -0.3 is 4.74 Å². The van der Waals surface area contributed by atoms with Gasteiger partial charge in [-0.25, -0.2) is 13.4 Å². The quantitative estimate of drug-likeness (QED) is 0.815. The summed E-state index contributed by atoms with van der Waals surface area (Å²) in [6.07, 6.45) is 1.52. The van der Waals surface area contributed by atoms with Crippen LogP contribution in [0.2, 0.25) is 0 Å². The van der Waals surface area contributed by atoms with E-state index in [0.717, 1.165) is 0 Å². The minimum absolute atomic E-state index is 0.0397. The Hall–Kier alpha value is -1.40. The van der Waals surface area contributed by atoms with Crippen molar-refractivity contribution in [1.82, 2.24) is 9.97 Å². The fraction of sp³-hybridized carbons (Fsp3) is 0.385. The molecule has 0 atom stereocenters. The smallest absolute Gasteiger partial charge is 0.318 e. The second kappa shape index (κ2) is 5.18. The Morgan fingerprint density at radius 2 is 2.00 bits per heavy atom. The van der Waals surface area contributed by atoms with E-state index in [1.807, 2.05) is 0 Å². The average molecular weight is 315 g/mol. The van der Waals surface area contributed by atoms with Gasteiger partial charge in [0.25, 0.3) is 0 Å². The standard InChI is InChI=1S/C13H15ClN2O3S/c1-13(2,3)20(17,18)10-4-5-11-9(6-10)7-15-12(16-11)19-8-14/h4-7H,8H2,1-3H3. The van der Waals surface area contributed by atoms with Crippen LogP contribution in [0.3, 0.4) is 0 Å². The first-order valence-corrected chi connectivity index (χ1v) is 7.98. The molecule has 1 aromatic carbocycles. The molecule has 0 unspecified atom stereocenters. The first-order chi connectivity index (χ1) is 9.25. The number of halogens is 1. The maximum absolute atomic E-state index is 12.4. The van der Waals surface area contributed by atoms with Crippen LogP contribution in [0.4, 0.5) is 0 Å². The number of fused-ring (bicyclic) bond motifs is 1. The molecule has 7 heteroatoms. The van der Waals surface area contributed by atoms with E-state index in [4.69, 9.17) is 16.3 Å². The molecule has 0 amide bonds. The Bertz CT molecular complexity index is 739. The highest BCUT2D eigenvalue weighted by atomic mass is 35.5. The summed E-state index contributed by atoms with van der Waals surface area (Å²) >= 11 is 5.44. The van der Waals surface area contributed by atoms with Crippen molar-refractivity contribution in [3.05, 3.63) is 24.4 Å². The van der Waals surface area contributed by atoms with Crippen LogP contribution in [0.25, 0.3) is 10.9 Å². The van der Waals surface area contributed by atoms with Gasteiger partial charge >= 0.3 is 6.01 Å². The van der Waals surface area contributed by atoms with Gasteiger partial charge in [0.15, 0.2) is 15.9 Å². The molecule has 2 rings (SSSR count). The predicted octanol–water partition coefficient (Wildman–Crippen LogP) is 2.78. The summed E-state index contributed by atoms with van der Waals surface area (Å²) in [6, 6.07) is 4.87. The second-order valence-corrected chi connectivity index (χ2v) is 8.16. The third-order valence-electron chi connectivity index (χ3n) is 2.83. The summed E-state index contributed by atoms with van der Waals surface area (Å²) < 4.78 is 28.9. The van der Waals surface area contributed by atoms with E-state index < -0.39 is 14.6 Å². The maximum atomic E-state index is 12.4. The lowest BCUT2D eigenvalue weighted by Crippen LogP contribution is -2.27. The van der Waals surface area contributed by atoms with Crippen molar-refractivity contribution >= 4 is 32.3 Å². The van der Waals surface area contributed by atoms with Crippen LogP contribution in [0.5, 0.6) is 6.01 Å². The van der Waals surface area contributed by atoms with E-state index in [9.17, 15) is 8.42 Å². The lowest BCUT2D eigenvalue weighted by molar-refractivity contribution is 0.357. The SMILES string of the molecule is CC(C)(C)S(=O)(=O)c1ccc2nc(OCCl)ncc2c1. The Balaban J connectivity index is 2.53. The first-order valence-electron chi connectivity index (χ1n) is 5.96. The monoisotopic (exact) mass is 314 g/mol. The van der Waals surface area contributed by atoms with E-state index in [1.165, 1.54) is 6.20 Å². The number of hydrogen-bond donors (Lipinski definition) is 0. The van der Waals surface area contributed by atoms with Crippen molar-refractivity contribution in [3.63, 3.8) is 0 Å². The Morgan fingerprint density at radius 1 is 1.30 bits per heavy atom. The van der Waals surface area contributed by atoms with E-state index in [-0.39, 0.29) is 17.0 Å². The summed E-state index contributed by atoms with van der Waals surface area (Å²) in [5.41, 5.74) is 0.605. The van der Waals surface area contributed by atoms with Crippen molar-refractivity contribution in [2.24, 2.45) is 0 Å². The van der Waals surface area contributed by atoms with Crippen LogP contribution in [0, 0.1) is 0 Å². The van der Waals surface area contributed by atoms with Crippen molar-refractivity contribution in [2.75, 3.05) is 6.07 Å². The van der Waals surface area contributed by atoms with Gasteiger partial charge in [-0.2, -0.15) is 4.98 Å². The number of benzene rings is 1. The van der Waals surface area contributed by atoms with E-state index >= 15 is 0 Å². The zero-order valence-electron chi connectivity index (χ0n) is 11.4. The number of alkyl halides is 1. The zero-order chi connectivity index (χ0) is 15.0. The summed E-state index contributed by atoms with van der Waals surface area (Å²) in [6.45, 7) is 5.00. The van der Waals surface area contributed by atoms with Gasteiger partial charge in [-0.15, -0.1) is 0 Å². The molecule has 0 bridgehead atoms. The minimum atomic E-state index is -3.40. The molecule has 20 heavy (non-hydrogen) atoms. The topological polar surface area (TPSA) is 69.2 Å². The van der Waals surface area contributed by atoms with Gasteiger partial charge in [-0.3, -0.25) is 0 Å². The third-order valence-corrected chi connectivity index (χ3v) is 5.43. The molecule has 5 nitrogen and oxygen atoms in total. The van der Waals surface area contributed by atoms with Crippen molar-refractivity contribution in [3.8, 4) is 6.01 Å². The molecule has 0 saturated heterocycles. The van der Waals surface area contributed by atoms with Gasteiger partial charge in [0.1, 0.15) is 0 Å². The summed E-state index contributed by atoms with van der Waals surface area (Å²) in [7, 11) is -3.40. The molecule has 0 spiro atoms. The molecule has 0 aliphatic carbocycles. The lowest BCUT2D eigenvalue weighted by atomic mass is 10.2. The van der Waals surface area contributed by atoms with Gasteiger partial charge in [-0.1, -0.05) is 11.6 Å². The molecule has 0 radical (unpaired) electrons. The van der Waals surface area contributed by atoms with Crippen LogP contribution in [-0.4, -0.2) is 29.2 Å². The molecule has 0 N–H and O–H groups in total. The normalized spacial score (nSPS) is 12.6. The van der Waals surface area contributed by atoms with Crippen LogP contribution >= 0.6 is 11.6 Å². The van der Waals surface area contributed by atoms with Gasteiger partial charge in [0.2, 0.25) is 0 Å². The van der Waals surface area contributed by atoms with Gasteiger partial charge in [-0.05, 0) is 39.0 Å². The number of aromatic nitrogens is 2. The van der Waals surface area contributed by atoms with E-state index in [1.54, 1.807) is 39.0 Å². The molecule has 1 aromatic heterocycles. The molecule has 108 valence electrons. The van der Waals surface area contributed by atoms with Crippen LogP contribution < -0.4 is 4.74 Å². The number of hydrogen-bond acceptors (Lipinski definition) is 5. The molecular weight excluding hydrogens is 300 g/mol. The second-order valence-electron chi connectivity index (χ2n) is 5.24. The van der Waals surface area contributed by atoms with Gasteiger partial charge in [0, 0.05) is 11.6 Å². The zero-order valence-corrected chi connectivity index (χ0v) is 13.0. The Labute approximate surface area is 122 Å². The van der Waals surface area contributed by atoms with Gasteiger partial charge in [0.05, 0.1) is 15.2 Å². The molecule has 2 aromatic rings. The van der Waals surface area contributed by atoms with Crippen molar-refractivity contribution in [2.45, 2.75) is 30.4 Å². The molecule has 0 aliphatic rings. The lowest BCUT2D eigenvalue weighted by Gasteiger charge is -2.19. The molecule has 0 saturated carbocycles. The Morgan fingerprint density at radius 3 is 2.60 bits per heavy atom. The van der Waals surface area contributed by atoms with Crippen LogP contribution in [0.1, 0.15) is 20.8 Å². The fourth-order valence-corrected chi connectivity index (χ4v) is 2.97. The van der Waals surface area contributed by atoms with Crippen molar-refractivity contribution < 1.29 is 13.2 Å². The predicted molar refractivity (Wildman–Crippen MR) is 77.8 cm³/mol. The highest BCUT2D eigenvalue weighted by Crippen LogP contribution is 2.27. The maximum Gasteiger partial charge on any atom is 0.318 e. The average Bonchev–Trinajstić information content (AvgIpc) is 2.37. The van der Waals surface area contributed by atoms with E-state index in [2.05, 4.69) is 9.97 Å². The third kappa shape index (κ3) is 2.71. The fourth-order valence-electron chi connectivity index (χ4n) is 1.63. The molecular formula is C13H15ClN2O3S. The number of rotatable bonds is 3. The number of sulfone groups is 1. The molecule has 0 fully saturated rings. The minimum Gasteiger partial charge on any atom is -0.447 e. The summed E-state index contributed by atoms with van der Waals surface area (Å²) in [5, 5.41) is 0.636. The molecule has 1 heterocycles. The first kappa shape index (κ1) is 15.0. The summed E-state index contributed by atoms with van der Waals surface area (Å²) in [5.74, 6) is 0. The highest BCUT2D eigenvalue weighted by molar-refractivity contribution is 7.92. The largest absolute Gasteiger partial charge is 0.447 e. The number of nitrogens with zero attached hydrogens (tertiary/aromatic N) is 2. The summed E-state index contributed by atoms with van der Waals surface area (Å²) in [4.78, 5) is 8.36. The number of ether oxygens (including phenoxy) is 1. The van der Waals surface area contributed by atoms with Crippen LogP contribution in [0.15, 0.2) is 29.3 Å². The van der Waals surface area contributed by atoms with Crippen LogP contribution in [-0.2, 0) is 9.84 Å². The molecule has 0 aliphatic heterocycles. The highest BCUT2D eigenvalue weighted by Gasteiger charge is 2.30.